The highest BCUT2D eigenvalue weighted by Gasteiger charge is 2.17. The molecule has 2 unspecified atom stereocenters. The number of rotatable bonds is 22. The van der Waals surface area contributed by atoms with E-state index in [1.807, 2.05) is 12.2 Å². The van der Waals surface area contributed by atoms with Gasteiger partial charge in [0.15, 0.2) is 0 Å². The van der Waals surface area contributed by atoms with Crippen LogP contribution in [-0.2, 0) is 4.79 Å². The number of aliphatic hydroxyl groups excluding tert-OH is 2. The van der Waals surface area contributed by atoms with Crippen LogP contribution >= 0.6 is 0 Å². The van der Waals surface area contributed by atoms with Crippen molar-refractivity contribution < 1.29 is 15.0 Å². The molecule has 3 N–H and O–H groups in total. The molecule has 0 saturated carbocycles. The van der Waals surface area contributed by atoms with Crippen molar-refractivity contribution in [2.24, 2.45) is 0 Å². The zero-order chi connectivity index (χ0) is 25.8. The number of amides is 1. The molecule has 0 fully saturated rings. The van der Waals surface area contributed by atoms with Gasteiger partial charge in [-0.1, -0.05) is 106 Å². The molecule has 0 rings (SSSR count). The molecule has 198 valence electrons. The fourth-order valence-electron chi connectivity index (χ4n) is 3.32. The van der Waals surface area contributed by atoms with Gasteiger partial charge in [-0.05, 0) is 57.8 Å². The molecule has 35 heavy (non-hydrogen) atoms. The number of aliphatic hydroxyl groups is 2. The van der Waals surface area contributed by atoms with Gasteiger partial charge in [0, 0.05) is 6.42 Å². The average Bonchev–Trinajstić information content (AvgIpc) is 2.86. The summed E-state index contributed by atoms with van der Waals surface area (Å²) in [7, 11) is 0. The molecule has 4 nitrogen and oxygen atoms in total. The number of unbranched alkanes of at least 4 members (excludes halogenated alkanes) is 5. The number of hydrogen-bond acceptors (Lipinski definition) is 3. The Bertz CT molecular complexity index is 658. The van der Waals surface area contributed by atoms with Crippen LogP contribution in [0.1, 0.15) is 97.3 Å². The second-order valence-corrected chi connectivity index (χ2v) is 8.71. The number of allylic oxidation sites excluding steroid dienone is 11. The summed E-state index contributed by atoms with van der Waals surface area (Å²) in [6.07, 6.45) is 36.9. The van der Waals surface area contributed by atoms with Crippen LogP contribution in [0.2, 0.25) is 0 Å². The lowest BCUT2D eigenvalue weighted by molar-refractivity contribution is -0.122. The smallest absolute Gasteiger partial charge is 0.220 e. The summed E-state index contributed by atoms with van der Waals surface area (Å²) in [5.74, 6) is -0.162. The summed E-state index contributed by atoms with van der Waals surface area (Å²) < 4.78 is 0. The Morgan fingerprint density at radius 1 is 0.714 bits per heavy atom. The van der Waals surface area contributed by atoms with E-state index in [-0.39, 0.29) is 12.5 Å². The molecule has 0 aromatic rings. The van der Waals surface area contributed by atoms with Gasteiger partial charge in [0.05, 0.1) is 18.8 Å². The fraction of sp³-hybridized carbons (Fsp3) is 0.581. The Morgan fingerprint density at radius 3 is 1.91 bits per heavy atom. The third kappa shape index (κ3) is 23.3. The van der Waals surface area contributed by atoms with Crippen molar-refractivity contribution in [3.05, 3.63) is 72.9 Å². The monoisotopic (exact) mass is 485 g/mol. The minimum Gasteiger partial charge on any atom is -0.394 e. The van der Waals surface area contributed by atoms with Crippen LogP contribution in [0.5, 0.6) is 0 Å². The molecular formula is C31H51NO3. The van der Waals surface area contributed by atoms with Gasteiger partial charge in [0.1, 0.15) is 0 Å². The van der Waals surface area contributed by atoms with Crippen LogP contribution in [0.25, 0.3) is 0 Å². The van der Waals surface area contributed by atoms with Gasteiger partial charge in [-0.2, -0.15) is 0 Å². The first kappa shape index (κ1) is 32.8. The molecule has 0 spiro atoms. The third-order valence-corrected chi connectivity index (χ3v) is 5.44. The Hall–Kier alpha value is -2.17. The fourth-order valence-corrected chi connectivity index (χ4v) is 3.32. The van der Waals surface area contributed by atoms with E-state index in [2.05, 4.69) is 73.8 Å². The SMILES string of the molecule is CC/C=C\C/C=C\C/C=C\C/C=C\CCC(=O)NC(CO)C(O)/C=C/CC/C=C/CCCCCC. The van der Waals surface area contributed by atoms with Crippen LogP contribution in [0.15, 0.2) is 72.9 Å². The van der Waals surface area contributed by atoms with E-state index in [0.29, 0.717) is 12.8 Å². The van der Waals surface area contributed by atoms with Crippen molar-refractivity contribution in [3.63, 3.8) is 0 Å². The highest BCUT2D eigenvalue weighted by molar-refractivity contribution is 5.76. The molecule has 0 aliphatic carbocycles. The van der Waals surface area contributed by atoms with Crippen LogP contribution in [0.4, 0.5) is 0 Å². The molecule has 4 heteroatoms. The molecule has 1 amide bonds. The van der Waals surface area contributed by atoms with Crippen molar-refractivity contribution >= 4 is 5.91 Å². The predicted molar refractivity (Wildman–Crippen MR) is 151 cm³/mol. The summed E-state index contributed by atoms with van der Waals surface area (Å²) in [6, 6.07) is -0.676. The van der Waals surface area contributed by atoms with Gasteiger partial charge in [-0.15, -0.1) is 0 Å². The van der Waals surface area contributed by atoms with E-state index in [1.54, 1.807) is 6.08 Å². The first-order chi connectivity index (χ1) is 17.2. The quantitative estimate of drug-likeness (QED) is 0.111. The van der Waals surface area contributed by atoms with Crippen molar-refractivity contribution in [2.75, 3.05) is 6.61 Å². The van der Waals surface area contributed by atoms with E-state index in [1.165, 1.54) is 25.7 Å². The molecule has 0 aliphatic rings. The molecule has 0 bridgehead atoms. The lowest BCUT2D eigenvalue weighted by Crippen LogP contribution is -2.45. The maximum atomic E-state index is 12.1. The van der Waals surface area contributed by atoms with Crippen LogP contribution < -0.4 is 5.32 Å². The van der Waals surface area contributed by atoms with Crippen LogP contribution in [-0.4, -0.2) is 34.9 Å². The molecule has 0 saturated heterocycles. The summed E-state index contributed by atoms with van der Waals surface area (Å²) in [5, 5.41) is 22.5. The first-order valence-corrected chi connectivity index (χ1v) is 13.7. The van der Waals surface area contributed by atoms with Crippen molar-refractivity contribution in [1.82, 2.24) is 5.32 Å². The Balaban J connectivity index is 3.96. The van der Waals surface area contributed by atoms with Gasteiger partial charge < -0.3 is 15.5 Å². The maximum Gasteiger partial charge on any atom is 0.220 e. The van der Waals surface area contributed by atoms with E-state index in [0.717, 1.165) is 44.9 Å². The summed E-state index contributed by atoms with van der Waals surface area (Å²) in [4.78, 5) is 12.1. The minimum absolute atomic E-state index is 0.162. The van der Waals surface area contributed by atoms with Crippen molar-refractivity contribution in [1.29, 1.82) is 0 Å². The molecule has 2 atom stereocenters. The first-order valence-electron chi connectivity index (χ1n) is 13.7. The number of nitrogens with one attached hydrogen (secondary N) is 1. The van der Waals surface area contributed by atoms with Gasteiger partial charge in [-0.3, -0.25) is 4.79 Å². The normalized spacial score (nSPS) is 14.5. The largest absolute Gasteiger partial charge is 0.394 e. The Labute approximate surface area is 215 Å². The van der Waals surface area contributed by atoms with Gasteiger partial charge in [-0.25, -0.2) is 0 Å². The van der Waals surface area contributed by atoms with Gasteiger partial charge in [0.2, 0.25) is 5.91 Å². The number of carbonyl (C=O) groups is 1. The summed E-state index contributed by atoms with van der Waals surface area (Å²) in [5.41, 5.74) is 0. The van der Waals surface area contributed by atoms with Crippen LogP contribution in [0, 0.1) is 0 Å². The minimum atomic E-state index is -0.889. The zero-order valence-corrected chi connectivity index (χ0v) is 22.3. The standard InChI is InChI=1S/C31H51NO3/c1-3-5-7-9-11-13-15-16-17-19-21-23-25-27-31(35)32-29(28-33)30(34)26-24-22-20-18-14-12-10-8-6-4-2/h5,7,11,13-14,16-18,21,23-24,26,29-30,33-34H,3-4,6,8-10,12,15,19-20,22,25,27-28H2,1-2H3,(H,32,35)/b7-5-,13-11-,17-16-,18-14+,23-21-,26-24+. The number of hydrogen-bond donors (Lipinski definition) is 3. The second kappa shape index (κ2) is 26.4. The second-order valence-electron chi connectivity index (χ2n) is 8.71. The third-order valence-electron chi connectivity index (χ3n) is 5.44. The van der Waals surface area contributed by atoms with Crippen LogP contribution in [0.3, 0.4) is 0 Å². The Kier molecular flexibility index (Phi) is 24.8. The van der Waals surface area contributed by atoms with Gasteiger partial charge >= 0.3 is 0 Å². The lowest BCUT2D eigenvalue weighted by atomic mass is 10.1. The zero-order valence-electron chi connectivity index (χ0n) is 22.3. The van der Waals surface area contributed by atoms with E-state index in [4.69, 9.17) is 0 Å². The molecule has 0 heterocycles. The van der Waals surface area contributed by atoms with E-state index < -0.39 is 12.1 Å². The number of carbonyl (C=O) groups excluding carboxylic acids is 1. The van der Waals surface area contributed by atoms with E-state index >= 15 is 0 Å². The molecule has 0 aliphatic heterocycles. The maximum absolute atomic E-state index is 12.1. The van der Waals surface area contributed by atoms with Gasteiger partial charge in [0.25, 0.3) is 0 Å². The molecule has 0 aromatic heterocycles. The summed E-state index contributed by atoms with van der Waals surface area (Å²) >= 11 is 0. The van der Waals surface area contributed by atoms with Crippen molar-refractivity contribution in [2.45, 2.75) is 109 Å². The van der Waals surface area contributed by atoms with Crippen molar-refractivity contribution in [3.8, 4) is 0 Å². The summed E-state index contributed by atoms with van der Waals surface area (Å²) in [6.45, 7) is 4.06. The molecule has 0 aromatic carbocycles. The molecular weight excluding hydrogens is 434 g/mol. The Morgan fingerprint density at radius 2 is 1.29 bits per heavy atom. The predicted octanol–water partition coefficient (Wildman–Crippen LogP) is 7.27. The highest BCUT2D eigenvalue weighted by atomic mass is 16.3. The topological polar surface area (TPSA) is 69.6 Å². The highest BCUT2D eigenvalue weighted by Crippen LogP contribution is 2.05. The average molecular weight is 486 g/mol. The van der Waals surface area contributed by atoms with E-state index in [9.17, 15) is 15.0 Å². The molecule has 0 radical (unpaired) electrons. The lowest BCUT2D eigenvalue weighted by Gasteiger charge is -2.19.